The second kappa shape index (κ2) is 14.4. The number of carbonyl (C=O) groups excluding carboxylic acids is 3. The molecule has 2 rings (SSSR count). The standard InChI is InChI=1S/C29H48N4O6S/c1-10-18(4)24(31-25(35)21-13-11-12-14-33(21)29(6,7)8)27(36)32(9)22(17(2)3)15-23(39-19(5)34)26-30-20(16-40-26)28(37)38/h16-18,21-24H,10-15H2,1-9H3,(H,31,35)(H,37,38)/t18-,21+,22+,23+,24-/m0/s1. The third-order valence-electron chi connectivity index (χ3n) is 7.84. The van der Waals surface area contributed by atoms with Crippen LogP contribution in [0.1, 0.15) is 109 Å². The average Bonchev–Trinajstić information content (AvgIpc) is 3.38. The number of hydrogen-bond acceptors (Lipinski definition) is 8. The van der Waals surface area contributed by atoms with Gasteiger partial charge in [0, 0.05) is 37.4 Å². The lowest BCUT2D eigenvalue weighted by molar-refractivity contribution is -0.149. The van der Waals surface area contributed by atoms with Crippen LogP contribution in [0.5, 0.6) is 0 Å². The number of aromatic carboxylic acids is 1. The first-order valence-corrected chi connectivity index (χ1v) is 15.2. The van der Waals surface area contributed by atoms with E-state index in [-0.39, 0.29) is 53.4 Å². The van der Waals surface area contributed by atoms with Crippen LogP contribution in [-0.2, 0) is 19.1 Å². The molecule has 1 aromatic rings. The van der Waals surface area contributed by atoms with Gasteiger partial charge >= 0.3 is 11.9 Å². The maximum Gasteiger partial charge on any atom is 0.355 e. The fourth-order valence-corrected chi connectivity index (χ4v) is 6.19. The molecule has 40 heavy (non-hydrogen) atoms. The van der Waals surface area contributed by atoms with Gasteiger partial charge in [0.1, 0.15) is 11.0 Å². The van der Waals surface area contributed by atoms with Gasteiger partial charge in [-0.2, -0.15) is 0 Å². The molecule has 1 aliphatic rings. The highest BCUT2D eigenvalue weighted by atomic mass is 32.1. The summed E-state index contributed by atoms with van der Waals surface area (Å²) in [5, 5.41) is 14.2. The molecular formula is C29H48N4O6S. The average molecular weight is 581 g/mol. The summed E-state index contributed by atoms with van der Waals surface area (Å²) in [6.07, 6.45) is 2.91. The molecule has 0 saturated carbocycles. The van der Waals surface area contributed by atoms with Crippen LogP contribution in [0.2, 0.25) is 0 Å². The minimum atomic E-state index is -1.16. The number of nitrogens with one attached hydrogen (secondary N) is 1. The van der Waals surface area contributed by atoms with Crippen molar-refractivity contribution in [2.24, 2.45) is 11.8 Å². The zero-order chi connectivity index (χ0) is 30.4. The van der Waals surface area contributed by atoms with E-state index in [2.05, 4.69) is 36.0 Å². The Morgan fingerprint density at radius 2 is 1.88 bits per heavy atom. The van der Waals surface area contributed by atoms with Crippen molar-refractivity contribution in [1.29, 1.82) is 0 Å². The van der Waals surface area contributed by atoms with Crippen molar-refractivity contribution < 1.29 is 29.0 Å². The number of thiazole rings is 1. The number of carboxylic acids is 1. The van der Waals surface area contributed by atoms with Gasteiger partial charge in [-0.25, -0.2) is 9.78 Å². The molecule has 2 heterocycles. The van der Waals surface area contributed by atoms with Gasteiger partial charge in [-0.3, -0.25) is 19.3 Å². The van der Waals surface area contributed by atoms with Gasteiger partial charge in [0.15, 0.2) is 11.8 Å². The van der Waals surface area contributed by atoms with Gasteiger partial charge in [-0.05, 0) is 52.0 Å². The number of aromatic nitrogens is 1. The van der Waals surface area contributed by atoms with E-state index in [0.717, 1.165) is 37.1 Å². The SMILES string of the molecule is CC[C@H](C)[C@H](NC(=O)[C@H]1CCCCN1C(C)(C)C)C(=O)N(C)[C@H](C[C@@H](OC(C)=O)c1nc(C(=O)O)cs1)C(C)C. The smallest absolute Gasteiger partial charge is 0.355 e. The minimum absolute atomic E-state index is 0.0195. The van der Waals surface area contributed by atoms with E-state index >= 15 is 0 Å². The topological polar surface area (TPSA) is 129 Å². The highest BCUT2D eigenvalue weighted by molar-refractivity contribution is 7.09. The molecule has 1 saturated heterocycles. The number of carbonyl (C=O) groups is 4. The highest BCUT2D eigenvalue weighted by Gasteiger charge is 2.39. The number of esters is 1. The van der Waals surface area contributed by atoms with Crippen LogP contribution >= 0.6 is 11.3 Å². The van der Waals surface area contributed by atoms with Gasteiger partial charge in [-0.1, -0.05) is 40.5 Å². The quantitative estimate of drug-likeness (QED) is 0.346. The Morgan fingerprint density at radius 3 is 2.38 bits per heavy atom. The summed E-state index contributed by atoms with van der Waals surface area (Å²) in [5.41, 5.74) is -0.283. The summed E-state index contributed by atoms with van der Waals surface area (Å²) in [6, 6.07) is -1.36. The van der Waals surface area contributed by atoms with Crippen molar-refractivity contribution in [3.8, 4) is 0 Å². The van der Waals surface area contributed by atoms with Crippen LogP contribution < -0.4 is 5.32 Å². The summed E-state index contributed by atoms with van der Waals surface area (Å²) in [6.45, 7) is 16.4. The maximum absolute atomic E-state index is 14.0. The second-order valence-electron chi connectivity index (χ2n) is 12.2. The molecule has 5 atom stereocenters. The summed E-state index contributed by atoms with van der Waals surface area (Å²) in [7, 11) is 1.71. The number of amides is 2. The van der Waals surface area contributed by atoms with E-state index in [1.807, 2.05) is 27.7 Å². The second-order valence-corrected chi connectivity index (χ2v) is 13.1. The third kappa shape index (κ3) is 8.73. The summed E-state index contributed by atoms with van der Waals surface area (Å²) >= 11 is 1.11. The van der Waals surface area contributed by atoms with Crippen molar-refractivity contribution in [3.05, 3.63) is 16.1 Å². The number of likely N-dealkylation sites (N-methyl/N-ethyl adjacent to an activating group) is 1. The number of ether oxygens (including phenoxy) is 1. The van der Waals surface area contributed by atoms with Crippen LogP contribution in [0.15, 0.2) is 5.38 Å². The Balaban J connectivity index is 2.31. The highest BCUT2D eigenvalue weighted by Crippen LogP contribution is 2.31. The Morgan fingerprint density at radius 1 is 1.23 bits per heavy atom. The molecule has 0 radical (unpaired) electrons. The molecule has 1 fully saturated rings. The normalized spacial score (nSPS) is 19.4. The number of nitrogens with zero attached hydrogens (tertiary/aromatic N) is 3. The van der Waals surface area contributed by atoms with E-state index in [9.17, 15) is 24.3 Å². The first kappa shape index (κ1) is 33.7. The molecule has 0 unspecified atom stereocenters. The molecule has 226 valence electrons. The number of rotatable bonds is 12. The van der Waals surface area contributed by atoms with Crippen LogP contribution in [0.25, 0.3) is 0 Å². The molecule has 0 spiro atoms. The van der Waals surface area contributed by atoms with E-state index in [1.54, 1.807) is 11.9 Å². The van der Waals surface area contributed by atoms with E-state index in [1.165, 1.54) is 12.3 Å². The van der Waals surface area contributed by atoms with Crippen LogP contribution in [0.4, 0.5) is 0 Å². The fraction of sp³-hybridized carbons (Fsp3) is 0.759. The zero-order valence-electron chi connectivity index (χ0n) is 25.5. The summed E-state index contributed by atoms with van der Waals surface area (Å²) < 4.78 is 5.56. The predicted octanol–water partition coefficient (Wildman–Crippen LogP) is 4.50. The zero-order valence-corrected chi connectivity index (χ0v) is 26.3. The van der Waals surface area contributed by atoms with Crippen LogP contribution in [0, 0.1) is 11.8 Å². The largest absolute Gasteiger partial charge is 0.476 e. The number of likely N-dealkylation sites (tertiary alicyclic amines) is 1. The monoisotopic (exact) mass is 580 g/mol. The van der Waals surface area contributed by atoms with Crippen molar-refractivity contribution in [2.75, 3.05) is 13.6 Å². The molecule has 2 N–H and O–H groups in total. The molecule has 11 heteroatoms. The first-order chi connectivity index (χ1) is 18.6. The molecule has 0 bridgehead atoms. The maximum atomic E-state index is 14.0. The van der Waals surface area contributed by atoms with E-state index < -0.39 is 24.1 Å². The van der Waals surface area contributed by atoms with Crippen molar-refractivity contribution in [1.82, 2.24) is 20.1 Å². The van der Waals surface area contributed by atoms with Crippen molar-refractivity contribution in [2.45, 2.75) is 117 Å². The lowest BCUT2D eigenvalue weighted by Gasteiger charge is -2.44. The first-order valence-electron chi connectivity index (χ1n) is 14.3. The lowest BCUT2D eigenvalue weighted by atomic mass is 9.91. The van der Waals surface area contributed by atoms with Crippen LogP contribution in [0.3, 0.4) is 0 Å². The fourth-order valence-electron chi connectivity index (χ4n) is 5.35. The summed E-state index contributed by atoms with van der Waals surface area (Å²) in [4.78, 5) is 59.0. The Hall–Kier alpha value is -2.53. The Kier molecular flexibility index (Phi) is 12.1. The number of carboxylic acid groups (broad SMARTS) is 1. The van der Waals surface area contributed by atoms with Crippen LogP contribution in [-0.4, -0.2) is 80.9 Å². The molecule has 1 aliphatic heterocycles. The van der Waals surface area contributed by atoms with Gasteiger partial charge in [0.05, 0.1) is 6.04 Å². The van der Waals surface area contributed by atoms with E-state index in [4.69, 9.17) is 4.74 Å². The molecular weight excluding hydrogens is 532 g/mol. The van der Waals surface area contributed by atoms with Gasteiger partial charge in [0.25, 0.3) is 0 Å². The summed E-state index contributed by atoms with van der Waals surface area (Å²) in [5.74, 6) is -2.12. The molecule has 0 aromatic carbocycles. The minimum Gasteiger partial charge on any atom is -0.476 e. The van der Waals surface area contributed by atoms with E-state index in [0.29, 0.717) is 11.4 Å². The number of piperidine rings is 1. The molecule has 10 nitrogen and oxygen atoms in total. The lowest BCUT2D eigenvalue weighted by Crippen LogP contribution is -2.61. The Labute approximate surface area is 242 Å². The predicted molar refractivity (Wildman–Crippen MR) is 155 cm³/mol. The molecule has 0 aliphatic carbocycles. The Bertz CT molecular complexity index is 1040. The van der Waals surface area contributed by atoms with Gasteiger partial charge in [-0.15, -0.1) is 11.3 Å². The third-order valence-corrected chi connectivity index (χ3v) is 8.78. The van der Waals surface area contributed by atoms with Crippen molar-refractivity contribution >= 4 is 35.1 Å². The van der Waals surface area contributed by atoms with Gasteiger partial charge in [0.2, 0.25) is 11.8 Å². The van der Waals surface area contributed by atoms with Crippen molar-refractivity contribution in [3.63, 3.8) is 0 Å². The molecule has 2 amide bonds. The molecule has 1 aromatic heterocycles. The number of hydrogen-bond donors (Lipinski definition) is 2. The van der Waals surface area contributed by atoms with Gasteiger partial charge < -0.3 is 20.1 Å².